The molecule has 2 amide bonds. The molecule has 0 aliphatic carbocycles. The van der Waals surface area contributed by atoms with Crippen molar-refractivity contribution in [3.63, 3.8) is 0 Å². The number of aliphatic imine (C=N–C) groups is 1. The van der Waals surface area contributed by atoms with Crippen molar-refractivity contribution in [2.75, 3.05) is 39.9 Å². The van der Waals surface area contributed by atoms with Crippen molar-refractivity contribution in [1.29, 1.82) is 0 Å². The number of hydrogen-bond donors (Lipinski definition) is 1. The Labute approximate surface area is 163 Å². The van der Waals surface area contributed by atoms with E-state index in [0.29, 0.717) is 37.9 Å². The first-order valence-electron chi connectivity index (χ1n) is 9.21. The van der Waals surface area contributed by atoms with Crippen LogP contribution in [0, 0.1) is 5.92 Å². The van der Waals surface area contributed by atoms with E-state index >= 15 is 0 Å². The molecule has 2 aliphatic heterocycles. The van der Waals surface area contributed by atoms with Gasteiger partial charge >= 0.3 is 5.97 Å². The molecule has 1 aromatic rings. The molecular weight excluding hydrogens is 364 g/mol. The van der Waals surface area contributed by atoms with Crippen LogP contribution in [0.15, 0.2) is 29.3 Å². The molecule has 2 atom stereocenters. The SMILES string of the molecule is CCOC(=O)[C@H]1C(=O)NC(N2CCN(C=O)CC2)=N[C@@H]1c1ccc(OC)cc1. The molecule has 0 unspecified atom stereocenters. The second-order valence-electron chi connectivity index (χ2n) is 6.52. The van der Waals surface area contributed by atoms with Crippen LogP contribution < -0.4 is 10.1 Å². The van der Waals surface area contributed by atoms with Gasteiger partial charge in [-0.3, -0.25) is 19.7 Å². The van der Waals surface area contributed by atoms with Crippen LogP contribution >= 0.6 is 0 Å². The lowest BCUT2D eigenvalue weighted by Crippen LogP contribution is -2.57. The number of guanidine groups is 1. The van der Waals surface area contributed by atoms with Crippen LogP contribution in [0.3, 0.4) is 0 Å². The minimum atomic E-state index is -1.06. The second kappa shape index (κ2) is 8.73. The molecule has 1 fully saturated rings. The molecule has 28 heavy (non-hydrogen) atoms. The van der Waals surface area contributed by atoms with Gasteiger partial charge in [-0.05, 0) is 24.6 Å². The van der Waals surface area contributed by atoms with Crippen molar-refractivity contribution < 1.29 is 23.9 Å². The minimum absolute atomic E-state index is 0.183. The van der Waals surface area contributed by atoms with Gasteiger partial charge in [-0.25, -0.2) is 4.99 Å². The van der Waals surface area contributed by atoms with E-state index in [4.69, 9.17) is 9.47 Å². The lowest BCUT2D eigenvalue weighted by atomic mass is 9.91. The fourth-order valence-electron chi connectivity index (χ4n) is 3.31. The molecule has 0 bridgehead atoms. The largest absolute Gasteiger partial charge is 0.497 e. The molecule has 0 spiro atoms. The monoisotopic (exact) mass is 388 g/mol. The van der Waals surface area contributed by atoms with Crippen molar-refractivity contribution in [3.05, 3.63) is 29.8 Å². The number of rotatable bonds is 5. The quantitative estimate of drug-likeness (QED) is 0.439. The molecule has 1 N–H and O–H groups in total. The van der Waals surface area contributed by atoms with Crippen LogP contribution in [-0.4, -0.2) is 73.9 Å². The number of carbonyl (C=O) groups is 3. The predicted molar refractivity (Wildman–Crippen MR) is 101 cm³/mol. The Morgan fingerprint density at radius 2 is 1.93 bits per heavy atom. The van der Waals surface area contributed by atoms with Crippen molar-refractivity contribution in [3.8, 4) is 5.75 Å². The van der Waals surface area contributed by atoms with E-state index in [2.05, 4.69) is 10.3 Å². The Bertz CT molecular complexity index is 756. The first kappa shape index (κ1) is 19.7. The summed E-state index contributed by atoms with van der Waals surface area (Å²) in [6.45, 7) is 4.08. The summed E-state index contributed by atoms with van der Waals surface area (Å²) in [7, 11) is 1.57. The van der Waals surface area contributed by atoms with E-state index in [1.54, 1.807) is 43.2 Å². The fourth-order valence-corrected chi connectivity index (χ4v) is 3.31. The Morgan fingerprint density at radius 1 is 1.25 bits per heavy atom. The van der Waals surface area contributed by atoms with Gasteiger partial charge in [0, 0.05) is 26.2 Å². The van der Waals surface area contributed by atoms with Crippen LogP contribution in [0.25, 0.3) is 0 Å². The summed E-state index contributed by atoms with van der Waals surface area (Å²) in [5.41, 5.74) is 0.720. The highest BCUT2D eigenvalue weighted by molar-refractivity contribution is 6.08. The van der Waals surface area contributed by atoms with Gasteiger partial charge in [-0.15, -0.1) is 0 Å². The average molecular weight is 388 g/mol. The number of nitrogens with zero attached hydrogens (tertiary/aromatic N) is 3. The number of amides is 2. The number of methoxy groups -OCH3 is 1. The Balaban J connectivity index is 1.91. The maximum atomic E-state index is 12.8. The topological polar surface area (TPSA) is 101 Å². The third-order valence-corrected chi connectivity index (χ3v) is 4.86. The zero-order chi connectivity index (χ0) is 20.1. The number of esters is 1. The first-order valence-corrected chi connectivity index (χ1v) is 9.21. The molecular formula is C19H24N4O5. The number of ether oxygens (including phenoxy) is 2. The van der Waals surface area contributed by atoms with Crippen LogP contribution in [0.4, 0.5) is 0 Å². The van der Waals surface area contributed by atoms with Crippen molar-refractivity contribution in [2.24, 2.45) is 10.9 Å². The minimum Gasteiger partial charge on any atom is -0.497 e. The number of hydrogen-bond acceptors (Lipinski definition) is 7. The molecule has 0 saturated carbocycles. The zero-order valence-electron chi connectivity index (χ0n) is 16.0. The van der Waals surface area contributed by atoms with Gasteiger partial charge in [0.05, 0.1) is 13.7 Å². The van der Waals surface area contributed by atoms with Gasteiger partial charge < -0.3 is 19.3 Å². The molecule has 1 saturated heterocycles. The number of nitrogens with one attached hydrogen (secondary N) is 1. The van der Waals surface area contributed by atoms with Crippen LogP contribution in [0.2, 0.25) is 0 Å². The highest BCUT2D eigenvalue weighted by atomic mass is 16.5. The molecule has 150 valence electrons. The van der Waals surface area contributed by atoms with Gasteiger partial charge in [-0.2, -0.15) is 0 Å². The normalized spacial score (nSPS) is 22.2. The summed E-state index contributed by atoms with van der Waals surface area (Å²) < 4.78 is 10.3. The summed E-state index contributed by atoms with van der Waals surface area (Å²) in [6.07, 6.45) is 0.815. The third kappa shape index (κ3) is 4.08. The van der Waals surface area contributed by atoms with Gasteiger partial charge in [0.1, 0.15) is 11.8 Å². The van der Waals surface area contributed by atoms with Crippen LogP contribution in [0.5, 0.6) is 5.75 Å². The summed E-state index contributed by atoms with van der Waals surface area (Å²) in [5.74, 6) is -1.02. The van der Waals surface area contributed by atoms with E-state index < -0.39 is 23.8 Å². The maximum Gasteiger partial charge on any atom is 0.321 e. The summed E-state index contributed by atoms with van der Waals surface area (Å²) >= 11 is 0. The Morgan fingerprint density at radius 3 is 2.50 bits per heavy atom. The molecule has 1 aromatic carbocycles. The summed E-state index contributed by atoms with van der Waals surface area (Å²) in [6, 6.07) is 6.42. The second-order valence-corrected chi connectivity index (χ2v) is 6.52. The van der Waals surface area contributed by atoms with E-state index in [1.807, 2.05) is 4.90 Å². The highest BCUT2D eigenvalue weighted by Crippen LogP contribution is 2.32. The number of piperazine rings is 1. The number of carbonyl (C=O) groups excluding carboxylic acids is 3. The molecule has 2 heterocycles. The highest BCUT2D eigenvalue weighted by Gasteiger charge is 2.42. The van der Waals surface area contributed by atoms with E-state index in [1.165, 1.54) is 0 Å². The lowest BCUT2D eigenvalue weighted by Gasteiger charge is -2.37. The van der Waals surface area contributed by atoms with E-state index in [9.17, 15) is 14.4 Å². The summed E-state index contributed by atoms with van der Waals surface area (Å²) in [4.78, 5) is 44.4. The molecule has 0 aromatic heterocycles. The summed E-state index contributed by atoms with van der Waals surface area (Å²) in [5, 5.41) is 2.74. The average Bonchev–Trinajstić information content (AvgIpc) is 2.73. The van der Waals surface area contributed by atoms with Crippen LogP contribution in [0.1, 0.15) is 18.5 Å². The Hall–Kier alpha value is -3.10. The number of benzene rings is 1. The fraction of sp³-hybridized carbons (Fsp3) is 0.474. The molecule has 3 rings (SSSR count). The van der Waals surface area contributed by atoms with Gasteiger partial charge in [0.25, 0.3) is 0 Å². The van der Waals surface area contributed by atoms with Gasteiger partial charge in [-0.1, -0.05) is 12.1 Å². The molecule has 9 nitrogen and oxygen atoms in total. The van der Waals surface area contributed by atoms with Gasteiger partial charge in [0.2, 0.25) is 18.3 Å². The predicted octanol–water partition coefficient (Wildman–Crippen LogP) is 0.175. The van der Waals surface area contributed by atoms with Crippen LogP contribution in [-0.2, 0) is 19.1 Å². The zero-order valence-corrected chi connectivity index (χ0v) is 16.0. The van der Waals surface area contributed by atoms with Crippen molar-refractivity contribution >= 4 is 24.2 Å². The van der Waals surface area contributed by atoms with Crippen molar-refractivity contribution in [2.45, 2.75) is 13.0 Å². The molecule has 0 radical (unpaired) electrons. The Kier molecular flexibility index (Phi) is 6.13. The molecule has 2 aliphatic rings. The van der Waals surface area contributed by atoms with Gasteiger partial charge in [0.15, 0.2) is 5.92 Å². The maximum absolute atomic E-state index is 12.8. The lowest BCUT2D eigenvalue weighted by molar-refractivity contribution is -0.153. The van der Waals surface area contributed by atoms with E-state index in [-0.39, 0.29) is 6.61 Å². The first-order chi connectivity index (χ1) is 13.6. The third-order valence-electron chi connectivity index (χ3n) is 4.86. The molecule has 9 heteroatoms. The standard InChI is InChI=1S/C19H24N4O5/c1-3-28-18(26)15-16(13-4-6-14(27-2)7-5-13)20-19(21-17(15)25)23-10-8-22(12-24)9-11-23/h4-7,12,15-16H,3,8-11H2,1-2H3,(H,20,21,25)/t15-,16-/m1/s1. The smallest absolute Gasteiger partial charge is 0.321 e. The van der Waals surface area contributed by atoms with Crippen molar-refractivity contribution in [1.82, 2.24) is 15.1 Å². The van der Waals surface area contributed by atoms with E-state index in [0.717, 1.165) is 12.0 Å².